The van der Waals surface area contributed by atoms with Crippen molar-refractivity contribution in [3.63, 3.8) is 0 Å². The smallest absolute Gasteiger partial charge is 0.371 e. The summed E-state index contributed by atoms with van der Waals surface area (Å²) in [5.74, 6) is -1.98. The average Bonchev–Trinajstić information content (AvgIpc) is 2.46. The lowest BCUT2D eigenvalue weighted by molar-refractivity contribution is -0.135. The molecule has 0 spiro atoms. The van der Waals surface area contributed by atoms with Crippen LogP contribution in [-0.2, 0) is 17.6 Å². The number of aliphatic hydroxyl groups is 1. The van der Waals surface area contributed by atoms with Crippen LogP contribution in [0.15, 0.2) is 48.4 Å². The quantitative estimate of drug-likeness (QED) is 0.643. The van der Waals surface area contributed by atoms with Gasteiger partial charge in [-0.3, -0.25) is 0 Å². The van der Waals surface area contributed by atoms with E-state index in [-0.39, 0.29) is 5.82 Å². The van der Waals surface area contributed by atoms with Gasteiger partial charge in [0.25, 0.3) is 0 Å². The number of rotatable bonds is 5. The Balaban J connectivity index is 2.07. The van der Waals surface area contributed by atoms with E-state index in [0.29, 0.717) is 0 Å². The average molecular weight is 270 g/mol. The number of aliphatic hydroxyl groups excluding tert-OH is 1. The first kappa shape index (κ1) is 13.7. The SMILES string of the molecule is O=C(O)/C(O)=C/c1nccc(CCc2ccccc2)n1. The first-order valence-corrected chi connectivity index (χ1v) is 6.15. The van der Waals surface area contributed by atoms with Gasteiger partial charge in [0.1, 0.15) is 0 Å². The summed E-state index contributed by atoms with van der Waals surface area (Å²) >= 11 is 0. The van der Waals surface area contributed by atoms with Crippen molar-refractivity contribution in [1.82, 2.24) is 9.97 Å². The molecule has 1 aromatic heterocycles. The number of aryl methyl sites for hydroxylation is 2. The molecule has 0 radical (unpaired) electrons. The van der Waals surface area contributed by atoms with Crippen LogP contribution in [-0.4, -0.2) is 26.2 Å². The predicted molar refractivity (Wildman–Crippen MR) is 74.1 cm³/mol. The molecule has 0 saturated heterocycles. The molecule has 0 aliphatic carbocycles. The van der Waals surface area contributed by atoms with Crippen LogP contribution in [0, 0.1) is 0 Å². The monoisotopic (exact) mass is 270 g/mol. The van der Waals surface area contributed by atoms with Crippen molar-refractivity contribution in [3.05, 3.63) is 65.4 Å². The third-order valence-corrected chi connectivity index (χ3v) is 2.73. The Morgan fingerprint density at radius 1 is 1.10 bits per heavy atom. The number of aromatic nitrogens is 2. The van der Waals surface area contributed by atoms with Crippen LogP contribution in [0.5, 0.6) is 0 Å². The highest BCUT2D eigenvalue weighted by atomic mass is 16.4. The van der Waals surface area contributed by atoms with Crippen LogP contribution in [0.3, 0.4) is 0 Å². The highest BCUT2D eigenvalue weighted by Gasteiger charge is 2.05. The van der Waals surface area contributed by atoms with Gasteiger partial charge in [0, 0.05) is 18.0 Å². The van der Waals surface area contributed by atoms with E-state index in [2.05, 4.69) is 9.97 Å². The molecule has 2 aromatic rings. The van der Waals surface area contributed by atoms with Crippen LogP contribution < -0.4 is 0 Å². The lowest BCUT2D eigenvalue weighted by Gasteiger charge is -2.02. The first-order valence-electron chi connectivity index (χ1n) is 6.15. The van der Waals surface area contributed by atoms with Gasteiger partial charge in [0.2, 0.25) is 5.76 Å². The fourth-order valence-electron chi connectivity index (χ4n) is 1.72. The van der Waals surface area contributed by atoms with Gasteiger partial charge in [0.05, 0.1) is 0 Å². The molecule has 0 atom stereocenters. The molecule has 1 heterocycles. The summed E-state index contributed by atoms with van der Waals surface area (Å²) in [7, 11) is 0. The summed E-state index contributed by atoms with van der Waals surface area (Å²) < 4.78 is 0. The molecular weight excluding hydrogens is 256 g/mol. The Hall–Kier alpha value is -2.69. The number of carboxylic acid groups (broad SMARTS) is 1. The highest BCUT2D eigenvalue weighted by Crippen LogP contribution is 2.06. The molecule has 20 heavy (non-hydrogen) atoms. The number of aliphatic carboxylic acids is 1. The van der Waals surface area contributed by atoms with Crippen molar-refractivity contribution in [3.8, 4) is 0 Å². The topological polar surface area (TPSA) is 83.3 Å². The normalized spacial score (nSPS) is 11.3. The molecule has 0 amide bonds. The van der Waals surface area contributed by atoms with Crippen molar-refractivity contribution in [1.29, 1.82) is 0 Å². The maximum atomic E-state index is 10.5. The van der Waals surface area contributed by atoms with E-state index in [9.17, 15) is 4.79 Å². The van der Waals surface area contributed by atoms with E-state index >= 15 is 0 Å². The summed E-state index contributed by atoms with van der Waals surface area (Å²) in [6, 6.07) is 11.8. The number of hydrogen-bond acceptors (Lipinski definition) is 4. The number of carboxylic acids is 1. The van der Waals surface area contributed by atoms with Gasteiger partial charge in [-0.2, -0.15) is 0 Å². The third-order valence-electron chi connectivity index (χ3n) is 2.73. The van der Waals surface area contributed by atoms with E-state index in [1.165, 1.54) is 5.56 Å². The Morgan fingerprint density at radius 3 is 2.55 bits per heavy atom. The maximum Gasteiger partial charge on any atom is 0.371 e. The predicted octanol–water partition coefficient (Wildman–Crippen LogP) is 2.25. The van der Waals surface area contributed by atoms with Crippen LogP contribution in [0.25, 0.3) is 6.08 Å². The minimum absolute atomic E-state index is 0.190. The molecule has 0 aliphatic rings. The summed E-state index contributed by atoms with van der Waals surface area (Å²) in [5, 5.41) is 17.8. The van der Waals surface area contributed by atoms with Gasteiger partial charge in [-0.15, -0.1) is 0 Å². The van der Waals surface area contributed by atoms with Gasteiger partial charge in [-0.1, -0.05) is 30.3 Å². The fraction of sp³-hybridized carbons (Fsp3) is 0.133. The van der Waals surface area contributed by atoms with Crippen LogP contribution >= 0.6 is 0 Å². The van der Waals surface area contributed by atoms with Gasteiger partial charge >= 0.3 is 5.97 Å². The molecular formula is C15H14N2O3. The van der Waals surface area contributed by atoms with Crippen LogP contribution in [0.2, 0.25) is 0 Å². The fourth-order valence-corrected chi connectivity index (χ4v) is 1.72. The molecule has 0 aliphatic heterocycles. The second kappa shape index (κ2) is 6.47. The number of hydrogen-bond donors (Lipinski definition) is 2. The molecule has 0 unspecified atom stereocenters. The number of carbonyl (C=O) groups is 1. The van der Waals surface area contributed by atoms with Gasteiger partial charge < -0.3 is 10.2 Å². The summed E-state index contributed by atoms with van der Waals surface area (Å²) in [6.45, 7) is 0. The standard InChI is InChI=1S/C15H14N2O3/c18-13(15(19)20)10-14-16-9-8-12(17-14)7-6-11-4-2-1-3-5-11/h1-5,8-10,18H,6-7H2,(H,19,20)/b13-10-. The molecule has 5 nitrogen and oxygen atoms in total. The Bertz CT molecular complexity index is 624. The number of benzene rings is 1. The lowest BCUT2D eigenvalue weighted by atomic mass is 10.1. The van der Waals surface area contributed by atoms with Crippen molar-refractivity contribution in [2.75, 3.05) is 0 Å². The molecule has 0 fully saturated rings. The Labute approximate surface area is 116 Å². The molecule has 0 bridgehead atoms. The van der Waals surface area contributed by atoms with Crippen molar-refractivity contribution >= 4 is 12.0 Å². The molecule has 102 valence electrons. The van der Waals surface area contributed by atoms with Crippen LogP contribution in [0.1, 0.15) is 17.1 Å². The van der Waals surface area contributed by atoms with E-state index in [1.54, 1.807) is 12.3 Å². The second-order valence-electron chi connectivity index (χ2n) is 4.23. The third kappa shape index (κ3) is 3.91. The zero-order valence-corrected chi connectivity index (χ0v) is 10.7. The second-order valence-corrected chi connectivity index (χ2v) is 4.23. The van der Waals surface area contributed by atoms with Crippen molar-refractivity contribution in [2.45, 2.75) is 12.8 Å². The van der Waals surface area contributed by atoms with Crippen molar-refractivity contribution < 1.29 is 15.0 Å². The highest BCUT2D eigenvalue weighted by molar-refractivity contribution is 5.88. The molecule has 1 aromatic carbocycles. The molecule has 2 rings (SSSR count). The molecule has 5 heteroatoms. The van der Waals surface area contributed by atoms with E-state index < -0.39 is 11.7 Å². The first-order chi connectivity index (χ1) is 9.65. The Morgan fingerprint density at radius 2 is 1.85 bits per heavy atom. The van der Waals surface area contributed by atoms with Crippen LogP contribution in [0.4, 0.5) is 0 Å². The molecule has 2 N–H and O–H groups in total. The molecule has 0 saturated carbocycles. The number of nitrogens with zero attached hydrogens (tertiary/aromatic N) is 2. The largest absolute Gasteiger partial charge is 0.502 e. The summed E-state index contributed by atoms with van der Waals surface area (Å²) in [4.78, 5) is 18.6. The summed E-state index contributed by atoms with van der Waals surface area (Å²) in [5.41, 5.74) is 2.00. The maximum absolute atomic E-state index is 10.5. The van der Waals surface area contributed by atoms with E-state index in [1.807, 2.05) is 30.3 Å². The van der Waals surface area contributed by atoms with E-state index in [0.717, 1.165) is 24.6 Å². The van der Waals surface area contributed by atoms with Gasteiger partial charge in [0.15, 0.2) is 5.82 Å². The zero-order valence-electron chi connectivity index (χ0n) is 10.7. The Kier molecular flexibility index (Phi) is 4.44. The minimum Gasteiger partial charge on any atom is -0.502 e. The van der Waals surface area contributed by atoms with Gasteiger partial charge in [-0.05, 0) is 24.5 Å². The minimum atomic E-state index is -1.40. The lowest BCUT2D eigenvalue weighted by Crippen LogP contribution is -2.01. The summed E-state index contributed by atoms with van der Waals surface area (Å²) in [6.07, 6.45) is 4.15. The van der Waals surface area contributed by atoms with Gasteiger partial charge in [-0.25, -0.2) is 14.8 Å². The van der Waals surface area contributed by atoms with E-state index in [4.69, 9.17) is 10.2 Å². The van der Waals surface area contributed by atoms with Crippen molar-refractivity contribution in [2.24, 2.45) is 0 Å². The zero-order chi connectivity index (χ0) is 14.4.